The van der Waals surface area contributed by atoms with Crippen molar-refractivity contribution in [2.24, 2.45) is 0 Å². The largest absolute Gasteiger partial charge is 1.00 e. The average Bonchev–Trinajstić information content (AvgIpc) is 1.37. The van der Waals surface area contributed by atoms with E-state index in [1.54, 1.807) is 0 Å². The first-order chi connectivity index (χ1) is 1.91. The Kier molecular flexibility index (Phi) is 15.9. The molecule has 2 heteroatoms. The maximum absolute atomic E-state index is 9.11. The van der Waals surface area contributed by atoms with Gasteiger partial charge in [0.1, 0.15) is 0 Å². The Morgan fingerprint density at radius 2 is 2.00 bits per heavy atom. The van der Waals surface area contributed by atoms with Crippen LogP contribution in [0.3, 0.4) is 0 Å². The van der Waals surface area contributed by atoms with Gasteiger partial charge in [-0.3, -0.25) is 0 Å². The second-order valence-electron chi connectivity index (χ2n) is 0.455. The molecule has 0 aliphatic carbocycles. The molecule has 0 N–H and O–H groups in total. The molecule has 24 valence electrons. The Balaban J connectivity index is 0. The van der Waals surface area contributed by atoms with Crippen LogP contribution >= 0.6 is 0 Å². The molecule has 0 heterocycles. The predicted molar refractivity (Wildman–Crippen MR) is 16.0 cm³/mol. The van der Waals surface area contributed by atoms with Gasteiger partial charge in [0.2, 0.25) is 0 Å². The molecule has 0 unspecified atom stereocenters. The normalized spacial score (nSPS) is 5.00. The molecule has 1 nitrogen and oxygen atoms in total. The van der Waals surface area contributed by atoms with Crippen molar-refractivity contribution in [1.82, 2.24) is 0 Å². The summed E-state index contributed by atoms with van der Waals surface area (Å²) >= 11 is 0. The van der Waals surface area contributed by atoms with Crippen LogP contribution in [0.2, 0.25) is 0 Å². The van der Waals surface area contributed by atoms with Gasteiger partial charge in [-0.1, -0.05) is 0 Å². The Hall–Kier alpha value is 0.267. The fourth-order valence-corrected chi connectivity index (χ4v) is 0. The summed E-state index contributed by atoms with van der Waals surface area (Å²) < 4.78 is 0. The standard InChI is InChI=1S/C3H5O.Li/c1-2-3-4;/h3H,1-2H2;/q-1;+1. The van der Waals surface area contributed by atoms with Crippen LogP contribution in [0.25, 0.3) is 0 Å². The first kappa shape index (κ1) is 8.99. The molecule has 0 atom stereocenters. The molecule has 0 amide bonds. The average molecular weight is 64.0 g/mol. The van der Waals surface area contributed by atoms with Gasteiger partial charge in [-0.25, -0.2) is 0 Å². The minimum absolute atomic E-state index is 0. The molecule has 0 saturated heterocycles. The van der Waals surface area contributed by atoms with Crippen molar-refractivity contribution < 1.29 is 23.7 Å². The summed E-state index contributed by atoms with van der Waals surface area (Å²) in [6, 6.07) is 0. The van der Waals surface area contributed by atoms with Crippen LogP contribution in [0, 0.1) is 6.92 Å². The molecular weight excluding hydrogens is 59.0 g/mol. The van der Waals surface area contributed by atoms with Crippen LogP contribution in [-0.2, 0) is 4.79 Å². The summed E-state index contributed by atoms with van der Waals surface area (Å²) in [7, 11) is 0. The summed E-state index contributed by atoms with van der Waals surface area (Å²) in [5.74, 6) is 0. The molecule has 0 saturated carbocycles. The molecule has 5 heavy (non-hydrogen) atoms. The number of hydrogen-bond acceptors (Lipinski definition) is 1. The number of aldehydes is 1. The van der Waals surface area contributed by atoms with Crippen LogP contribution in [0.1, 0.15) is 6.42 Å². The summed E-state index contributed by atoms with van der Waals surface area (Å²) in [5.41, 5.74) is 0. The van der Waals surface area contributed by atoms with E-state index >= 15 is 0 Å². The van der Waals surface area contributed by atoms with Gasteiger partial charge in [0.15, 0.2) is 0 Å². The smallest absolute Gasteiger partial charge is 0.337 e. The monoisotopic (exact) mass is 64.1 g/mol. The van der Waals surface area contributed by atoms with Gasteiger partial charge in [-0.15, -0.1) is 6.42 Å². The van der Waals surface area contributed by atoms with Crippen LogP contribution < -0.4 is 18.9 Å². The molecule has 0 aromatic rings. The number of carbonyl (C=O) groups excluding carboxylic acids is 1. The number of carbonyl (C=O) groups is 1. The van der Waals surface area contributed by atoms with Crippen molar-refractivity contribution in [3.8, 4) is 0 Å². The molecule has 0 aromatic carbocycles. The Morgan fingerprint density at radius 3 is 2.00 bits per heavy atom. The Bertz CT molecular complexity index is 20.9. The minimum atomic E-state index is 0. The van der Waals surface area contributed by atoms with Gasteiger partial charge in [-0.05, 0) is 0 Å². The molecule has 0 aliphatic heterocycles. The van der Waals surface area contributed by atoms with Crippen molar-refractivity contribution in [3.05, 3.63) is 6.92 Å². The van der Waals surface area contributed by atoms with Gasteiger partial charge < -0.3 is 11.7 Å². The molecule has 0 bridgehead atoms. The topological polar surface area (TPSA) is 17.1 Å². The molecule has 0 fully saturated rings. The van der Waals surface area contributed by atoms with E-state index in [9.17, 15) is 0 Å². The second-order valence-corrected chi connectivity index (χ2v) is 0.455. The third-order valence-electron chi connectivity index (χ3n) is 0.118. The summed E-state index contributed by atoms with van der Waals surface area (Å²) in [5, 5.41) is 0. The Labute approximate surface area is 43.9 Å². The number of rotatable bonds is 1. The number of hydrogen-bond donors (Lipinski definition) is 0. The summed E-state index contributed by atoms with van der Waals surface area (Å²) in [6.45, 7) is 3.24. The van der Waals surface area contributed by atoms with Crippen molar-refractivity contribution in [3.63, 3.8) is 0 Å². The van der Waals surface area contributed by atoms with Crippen molar-refractivity contribution in [2.75, 3.05) is 0 Å². The van der Waals surface area contributed by atoms with E-state index in [-0.39, 0.29) is 18.9 Å². The fourth-order valence-electron chi connectivity index (χ4n) is 0. The van der Waals surface area contributed by atoms with E-state index in [4.69, 9.17) is 4.79 Å². The molecule has 0 spiro atoms. The van der Waals surface area contributed by atoms with Gasteiger partial charge in [0, 0.05) is 0 Å². The van der Waals surface area contributed by atoms with Gasteiger partial charge >= 0.3 is 18.9 Å². The SMILES string of the molecule is [CH2-]CC=O.[Li+]. The molecule has 0 aromatic heterocycles. The van der Waals surface area contributed by atoms with E-state index < -0.39 is 0 Å². The first-order valence-electron chi connectivity index (χ1n) is 1.14. The van der Waals surface area contributed by atoms with Crippen molar-refractivity contribution >= 4 is 6.29 Å². The quantitative estimate of drug-likeness (QED) is 0.186. The zero-order valence-electron chi connectivity index (χ0n) is 3.40. The third-order valence-corrected chi connectivity index (χ3v) is 0.118. The van der Waals surface area contributed by atoms with E-state index in [1.807, 2.05) is 0 Å². The van der Waals surface area contributed by atoms with Crippen LogP contribution in [0.4, 0.5) is 0 Å². The van der Waals surface area contributed by atoms with Gasteiger partial charge in [0.25, 0.3) is 0 Å². The summed E-state index contributed by atoms with van der Waals surface area (Å²) in [4.78, 5) is 9.11. The van der Waals surface area contributed by atoms with E-state index in [2.05, 4.69) is 6.92 Å². The molecule has 0 aliphatic rings. The van der Waals surface area contributed by atoms with E-state index in [1.165, 1.54) is 0 Å². The Morgan fingerprint density at radius 1 is 1.80 bits per heavy atom. The van der Waals surface area contributed by atoms with E-state index in [0.29, 0.717) is 6.42 Å². The van der Waals surface area contributed by atoms with Crippen LogP contribution in [0.15, 0.2) is 0 Å². The zero-order chi connectivity index (χ0) is 3.41. The zero-order valence-corrected chi connectivity index (χ0v) is 3.40. The molecule has 0 rings (SSSR count). The fraction of sp³-hybridized carbons (Fsp3) is 0.333. The predicted octanol–water partition coefficient (Wildman–Crippen LogP) is -2.59. The van der Waals surface area contributed by atoms with Gasteiger partial charge in [0.05, 0.1) is 6.29 Å². The van der Waals surface area contributed by atoms with Gasteiger partial charge in [-0.2, -0.15) is 0 Å². The molecule has 0 radical (unpaired) electrons. The maximum Gasteiger partial charge on any atom is 1.00 e. The maximum atomic E-state index is 9.11. The first-order valence-corrected chi connectivity index (χ1v) is 1.14. The van der Waals surface area contributed by atoms with Crippen molar-refractivity contribution in [1.29, 1.82) is 0 Å². The third kappa shape index (κ3) is 13.7. The van der Waals surface area contributed by atoms with E-state index in [0.717, 1.165) is 6.29 Å². The van der Waals surface area contributed by atoms with Crippen molar-refractivity contribution in [2.45, 2.75) is 6.42 Å². The van der Waals surface area contributed by atoms with Crippen LogP contribution in [-0.4, -0.2) is 6.29 Å². The van der Waals surface area contributed by atoms with Crippen LogP contribution in [0.5, 0.6) is 0 Å². The second kappa shape index (κ2) is 8.86. The summed E-state index contributed by atoms with van der Waals surface area (Å²) in [6.07, 6.45) is 1.15. The minimum Gasteiger partial charge on any atom is -0.337 e. The molecular formula is C3H5LiO.